The molecule has 0 aliphatic carbocycles. The lowest BCUT2D eigenvalue weighted by Crippen LogP contribution is -2.46. The van der Waals surface area contributed by atoms with E-state index < -0.39 is 0 Å². The first-order valence-electron chi connectivity index (χ1n) is 11.1. The molecule has 0 aromatic carbocycles. The minimum atomic E-state index is -0.305. The molecule has 1 rings (SSSR count). The zero-order chi connectivity index (χ0) is 18.3. The van der Waals surface area contributed by atoms with Gasteiger partial charge in [-0.25, -0.2) is 0 Å². The number of rotatable bonds is 17. The quantitative estimate of drug-likeness (QED) is 0.251. The van der Waals surface area contributed by atoms with E-state index in [1.807, 2.05) is 0 Å². The number of cyclic esters (lactones) is 1. The summed E-state index contributed by atoms with van der Waals surface area (Å²) in [6.45, 7) is 4.45. The summed E-state index contributed by atoms with van der Waals surface area (Å²) in [6, 6.07) is 0. The van der Waals surface area contributed by atoms with Crippen molar-refractivity contribution in [1.29, 1.82) is 0 Å². The summed E-state index contributed by atoms with van der Waals surface area (Å²) in [6.07, 6.45) is 18.6. The Morgan fingerprint density at radius 1 is 0.840 bits per heavy atom. The zero-order valence-electron chi connectivity index (χ0n) is 16.8. The topological polar surface area (TPSA) is 46.5 Å². The molecule has 0 aromatic rings. The zero-order valence-corrected chi connectivity index (χ0v) is 16.8. The number of hydrogen-bond donors (Lipinski definition) is 1. The van der Waals surface area contributed by atoms with Gasteiger partial charge in [-0.3, -0.25) is 4.79 Å². The van der Waals surface area contributed by atoms with Crippen molar-refractivity contribution in [3.05, 3.63) is 0 Å². The van der Waals surface area contributed by atoms with Gasteiger partial charge in [0.25, 0.3) is 0 Å². The van der Waals surface area contributed by atoms with Crippen molar-refractivity contribution >= 4 is 5.97 Å². The minimum Gasteiger partial charge on any atom is -0.461 e. The lowest BCUT2D eigenvalue weighted by atomic mass is 9.86. The second-order valence-corrected chi connectivity index (χ2v) is 7.94. The Hall–Kier alpha value is -0.570. The largest absolute Gasteiger partial charge is 0.461 e. The number of carbonyl (C=O) groups is 1. The molecule has 3 atom stereocenters. The molecule has 1 unspecified atom stereocenters. The van der Waals surface area contributed by atoms with Crippen molar-refractivity contribution in [3.8, 4) is 0 Å². The Labute approximate surface area is 155 Å². The molecule has 3 nitrogen and oxygen atoms in total. The summed E-state index contributed by atoms with van der Waals surface area (Å²) < 4.78 is 5.27. The predicted molar refractivity (Wildman–Crippen MR) is 105 cm³/mol. The van der Waals surface area contributed by atoms with Gasteiger partial charge in [0.2, 0.25) is 0 Å². The van der Waals surface area contributed by atoms with Gasteiger partial charge in [0, 0.05) is 6.42 Å². The highest BCUT2D eigenvalue weighted by Crippen LogP contribution is 2.31. The lowest BCUT2D eigenvalue weighted by Gasteiger charge is -2.36. The van der Waals surface area contributed by atoms with Gasteiger partial charge in [0.15, 0.2) is 0 Å². The number of ether oxygens (including phenoxy) is 1. The van der Waals surface area contributed by atoms with Crippen LogP contribution in [0.1, 0.15) is 117 Å². The maximum absolute atomic E-state index is 11.6. The number of esters is 1. The summed E-state index contributed by atoms with van der Waals surface area (Å²) in [5.74, 6) is 0.00592. The number of aliphatic hydroxyl groups is 1. The van der Waals surface area contributed by atoms with Crippen molar-refractivity contribution in [3.63, 3.8) is 0 Å². The molecule has 0 bridgehead atoms. The average molecular weight is 355 g/mol. The van der Waals surface area contributed by atoms with Crippen LogP contribution < -0.4 is 0 Å². The maximum atomic E-state index is 11.6. The van der Waals surface area contributed by atoms with Crippen LogP contribution in [-0.2, 0) is 9.53 Å². The highest BCUT2D eigenvalue weighted by Gasteiger charge is 2.42. The van der Waals surface area contributed by atoms with Crippen molar-refractivity contribution in [2.75, 3.05) is 0 Å². The van der Waals surface area contributed by atoms with Crippen LogP contribution in [0.3, 0.4) is 0 Å². The highest BCUT2D eigenvalue weighted by atomic mass is 16.6. The summed E-state index contributed by atoms with van der Waals surface area (Å²) in [4.78, 5) is 11.6. The molecule has 25 heavy (non-hydrogen) atoms. The van der Waals surface area contributed by atoms with Crippen LogP contribution in [0.15, 0.2) is 0 Å². The van der Waals surface area contributed by atoms with E-state index in [2.05, 4.69) is 13.8 Å². The molecule has 148 valence electrons. The van der Waals surface area contributed by atoms with Crippen LogP contribution in [0, 0.1) is 5.92 Å². The third-order valence-electron chi connectivity index (χ3n) is 5.53. The maximum Gasteiger partial charge on any atom is 0.313 e. The molecule has 1 N–H and O–H groups in total. The van der Waals surface area contributed by atoms with Gasteiger partial charge in [-0.05, 0) is 12.8 Å². The fraction of sp³-hybridized carbons (Fsp3) is 0.955. The van der Waals surface area contributed by atoms with E-state index in [0.29, 0.717) is 6.42 Å². The third-order valence-corrected chi connectivity index (χ3v) is 5.53. The smallest absolute Gasteiger partial charge is 0.313 e. The summed E-state index contributed by atoms with van der Waals surface area (Å²) in [5, 5.41) is 10.2. The minimum absolute atomic E-state index is 0.0253. The Balaban J connectivity index is 1.98. The molecular formula is C22H42O3. The Kier molecular flexibility index (Phi) is 13.1. The van der Waals surface area contributed by atoms with Gasteiger partial charge in [-0.15, -0.1) is 0 Å². The molecule has 1 aliphatic heterocycles. The second kappa shape index (κ2) is 14.6. The standard InChI is InChI=1S/C22H42O3/c1-3-5-7-9-10-11-12-13-14-16-19(23)18-21-20(22(24)25-21)17-15-8-6-4-2/h19-21,23H,3-18H2,1-2H3/t19?,20-,21-/m0/s1. The molecule has 0 saturated carbocycles. The highest BCUT2D eigenvalue weighted by molar-refractivity contribution is 5.78. The van der Waals surface area contributed by atoms with Crippen LogP contribution in [0.25, 0.3) is 0 Å². The van der Waals surface area contributed by atoms with Crippen LogP contribution in [0.2, 0.25) is 0 Å². The molecule has 0 radical (unpaired) electrons. The van der Waals surface area contributed by atoms with E-state index in [9.17, 15) is 9.90 Å². The molecule has 1 fully saturated rings. The molecule has 1 saturated heterocycles. The summed E-state index contributed by atoms with van der Waals surface area (Å²) >= 11 is 0. The lowest BCUT2D eigenvalue weighted by molar-refractivity contribution is -0.188. The van der Waals surface area contributed by atoms with Gasteiger partial charge in [0.1, 0.15) is 6.10 Å². The van der Waals surface area contributed by atoms with E-state index in [1.165, 1.54) is 70.6 Å². The molecule has 0 spiro atoms. The van der Waals surface area contributed by atoms with Crippen molar-refractivity contribution in [2.24, 2.45) is 5.92 Å². The first kappa shape index (κ1) is 22.5. The molecular weight excluding hydrogens is 312 g/mol. The van der Waals surface area contributed by atoms with Gasteiger partial charge in [0.05, 0.1) is 12.0 Å². The van der Waals surface area contributed by atoms with Gasteiger partial charge in [-0.1, -0.05) is 97.3 Å². The Morgan fingerprint density at radius 3 is 1.92 bits per heavy atom. The number of hydrogen-bond acceptors (Lipinski definition) is 3. The van der Waals surface area contributed by atoms with Gasteiger partial charge >= 0.3 is 5.97 Å². The summed E-state index contributed by atoms with van der Waals surface area (Å²) in [7, 11) is 0. The monoisotopic (exact) mass is 354 g/mol. The first-order valence-corrected chi connectivity index (χ1v) is 11.1. The second-order valence-electron chi connectivity index (χ2n) is 7.94. The Morgan fingerprint density at radius 2 is 1.36 bits per heavy atom. The molecule has 0 aromatic heterocycles. The van der Waals surface area contributed by atoms with E-state index >= 15 is 0 Å². The average Bonchev–Trinajstić information content (AvgIpc) is 2.59. The molecule has 1 heterocycles. The molecule has 1 aliphatic rings. The first-order chi connectivity index (χ1) is 12.2. The number of unbranched alkanes of at least 4 members (excludes halogenated alkanes) is 11. The third kappa shape index (κ3) is 10.2. The van der Waals surface area contributed by atoms with E-state index in [-0.39, 0.29) is 24.1 Å². The van der Waals surface area contributed by atoms with E-state index in [1.54, 1.807) is 0 Å². The van der Waals surface area contributed by atoms with Gasteiger partial charge in [-0.2, -0.15) is 0 Å². The fourth-order valence-corrected chi connectivity index (χ4v) is 3.78. The fourth-order valence-electron chi connectivity index (χ4n) is 3.78. The van der Waals surface area contributed by atoms with Gasteiger partial charge < -0.3 is 9.84 Å². The predicted octanol–water partition coefficient (Wildman–Crippen LogP) is 6.17. The molecule has 0 amide bonds. The van der Waals surface area contributed by atoms with Crippen LogP contribution in [0.5, 0.6) is 0 Å². The van der Waals surface area contributed by atoms with Crippen LogP contribution in [-0.4, -0.2) is 23.3 Å². The normalized spacial score (nSPS) is 21.0. The number of carbonyl (C=O) groups excluding carboxylic acids is 1. The van der Waals surface area contributed by atoms with E-state index in [0.717, 1.165) is 25.7 Å². The van der Waals surface area contributed by atoms with Crippen LogP contribution >= 0.6 is 0 Å². The van der Waals surface area contributed by atoms with Crippen molar-refractivity contribution < 1.29 is 14.6 Å². The summed E-state index contributed by atoms with van der Waals surface area (Å²) in [5.41, 5.74) is 0. The Bertz CT molecular complexity index is 329. The SMILES string of the molecule is CCCCCCCCCCCC(O)C[C@@H]1OC(=O)[C@H]1CCCCCC. The van der Waals surface area contributed by atoms with Crippen molar-refractivity contribution in [1.82, 2.24) is 0 Å². The molecule has 3 heteroatoms. The van der Waals surface area contributed by atoms with Crippen LogP contribution in [0.4, 0.5) is 0 Å². The van der Waals surface area contributed by atoms with Crippen molar-refractivity contribution in [2.45, 2.75) is 129 Å². The number of aliphatic hydroxyl groups excluding tert-OH is 1. The van der Waals surface area contributed by atoms with E-state index in [4.69, 9.17) is 4.74 Å².